The number of carbonyl (C=O) groups excluding carboxylic acids is 1. The Morgan fingerprint density at radius 3 is 2.00 bits per heavy atom. The van der Waals surface area contributed by atoms with Crippen LogP contribution in [0.3, 0.4) is 0 Å². The van der Waals surface area contributed by atoms with Gasteiger partial charge in [-0.3, -0.25) is 9.59 Å². The van der Waals surface area contributed by atoms with E-state index in [2.05, 4.69) is 0 Å². The molecule has 0 aromatic carbocycles. The van der Waals surface area contributed by atoms with E-state index in [9.17, 15) is 18.0 Å². The van der Waals surface area contributed by atoms with Crippen LogP contribution in [-0.4, -0.2) is 49.7 Å². The third-order valence-electron chi connectivity index (χ3n) is 2.30. The zero-order valence-electron chi connectivity index (χ0n) is 11.2. The van der Waals surface area contributed by atoms with Crippen LogP contribution >= 0.6 is 0 Å². The number of hydrogen-bond donors (Lipinski definition) is 2. The zero-order valence-corrected chi connectivity index (χ0v) is 12.0. The second-order valence-electron chi connectivity index (χ2n) is 5.17. The average molecular weight is 280 g/mol. The lowest BCUT2D eigenvalue weighted by Gasteiger charge is -2.21. The maximum Gasteiger partial charge on any atom is 0.322 e. The second kappa shape index (κ2) is 5.77. The van der Waals surface area contributed by atoms with Crippen LogP contribution in [0.1, 0.15) is 27.2 Å². The molecule has 1 atom stereocenters. The van der Waals surface area contributed by atoms with Crippen LogP contribution < -0.4 is 4.72 Å². The van der Waals surface area contributed by atoms with Crippen molar-refractivity contribution in [3.63, 3.8) is 0 Å². The average Bonchev–Trinajstić information content (AvgIpc) is 2.14. The smallest absolute Gasteiger partial charge is 0.322 e. The molecule has 0 aliphatic rings. The number of carbonyl (C=O) groups is 2. The molecule has 0 radical (unpaired) electrons. The lowest BCUT2D eigenvalue weighted by Crippen LogP contribution is -2.47. The van der Waals surface area contributed by atoms with Gasteiger partial charge in [-0.05, 0) is 0 Å². The molecule has 0 rings (SSSR count). The lowest BCUT2D eigenvalue weighted by molar-refractivity contribution is -0.141. The van der Waals surface area contributed by atoms with E-state index >= 15 is 0 Å². The topological polar surface area (TPSA) is 104 Å². The van der Waals surface area contributed by atoms with Gasteiger partial charge in [-0.25, -0.2) is 0 Å². The molecule has 0 aliphatic heterocycles. The number of carboxylic acid groups (broad SMARTS) is 1. The fourth-order valence-corrected chi connectivity index (χ4v) is 1.71. The van der Waals surface area contributed by atoms with Crippen molar-refractivity contribution >= 4 is 22.0 Å². The largest absolute Gasteiger partial charge is 0.480 e. The van der Waals surface area contributed by atoms with E-state index in [0.29, 0.717) is 0 Å². The van der Waals surface area contributed by atoms with Gasteiger partial charge < -0.3 is 5.11 Å². The van der Waals surface area contributed by atoms with Gasteiger partial charge in [0.25, 0.3) is 10.2 Å². The van der Waals surface area contributed by atoms with Crippen LogP contribution in [0, 0.1) is 5.41 Å². The number of aliphatic carboxylic acids is 1. The minimum atomic E-state index is -3.88. The highest BCUT2D eigenvalue weighted by molar-refractivity contribution is 7.87. The molecule has 0 amide bonds. The summed E-state index contributed by atoms with van der Waals surface area (Å²) in [6.45, 7) is 4.94. The molecule has 0 spiro atoms. The van der Waals surface area contributed by atoms with Crippen molar-refractivity contribution in [2.24, 2.45) is 5.41 Å². The van der Waals surface area contributed by atoms with E-state index in [1.54, 1.807) is 20.8 Å². The minimum Gasteiger partial charge on any atom is -0.480 e. The number of ketones is 1. The molecular weight excluding hydrogens is 260 g/mol. The minimum absolute atomic E-state index is 0.323. The lowest BCUT2D eigenvalue weighted by atomic mass is 9.87. The quantitative estimate of drug-likeness (QED) is 0.703. The summed E-state index contributed by atoms with van der Waals surface area (Å²) in [6.07, 6.45) is -0.383. The Balaban J connectivity index is 4.93. The standard InChI is InChI=1S/C10H20N2O5S/c1-10(2,3)8(13)6-7(9(14)15)11-18(16,17)12(4)5/h7,11H,6H2,1-5H3,(H,14,15). The molecule has 8 heteroatoms. The highest BCUT2D eigenvalue weighted by atomic mass is 32.2. The van der Waals surface area contributed by atoms with E-state index in [4.69, 9.17) is 5.11 Å². The summed E-state index contributed by atoms with van der Waals surface area (Å²) in [7, 11) is -1.34. The fraction of sp³-hybridized carbons (Fsp3) is 0.800. The van der Waals surface area contributed by atoms with Gasteiger partial charge in [0, 0.05) is 25.9 Å². The molecule has 106 valence electrons. The maximum absolute atomic E-state index is 11.7. The van der Waals surface area contributed by atoms with E-state index in [0.717, 1.165) is 4.31 Å². The Morgan fingerprint density at radius 2 is 1.72 bits per heavy atom. The molecule has 7 nitrogen and oxygen atoms in total. The summed E-state index contributed by atoms with van der Waals surface area (Å²) < 4.78 is 25.9. The van der Waals surface area contributed by atoms with Crippen LogP contribution in [0.4, 0.5) is 0 Å². The highest BCUT2D eigenvalue weighted by Crippen LogP contribution is 2.18. The van der Waals surface area contributed by atoms with E-state index in [1.807, 2.05) is 4.72 Å². The van der Waals surface area contributed by atoms with Gasteiger partial charge in [-0.1, -0.05) is 20.8 Å². The van der Waals surface area contributed by atoms with Gasteiger partial charge in [0.15, 0.2) is 0 Å². The van der Waals surface area contributed by atoms with Gasteiger partial charge in [-0.2, -0.15) is 17.4 Å². The van der Waals surface area contributed by atoms with Crippen LogP contribution in [0.15, 0.2) is 0 Å². The first-order valence-corrected chi connectivity index (χ1v) is 6.78. The first-order valence-electron chi connectivity index (χ1n) is 5.34. The van der Waals surface area contributed by atoms with Crippen LogP contribution in [-0.2, 0) is 19.8 Å². The normalized spacial score (nSPS) is 14.6. The van der Waals surface area contributed by atoms with Crippen LogP contribution in [0.5, 0.6) is 0 Å². The first-order chi connectivity index (χ1) is 7.88. The van der Waals surface area contributed by atoms with E-state index in [-0.39, 0.29) is 12.2 Å². The molecule has 0 aromatic heterocycles. The van der Waals surface area contributed by atoms with E-state index in [1.165, 1.54) is 14.1 Å². The van der Waals surface area contributed by atoms with Gasteiger partial charge in [0.2, 0.25) is 0 Å². The molecule has 0 aliphatic carbocycles. The predicted octanol–water partition coefficient (Wildman–Crippen LogP) is -0.159. The molecule has 0 saturated heterocycles. The summed E-state index contributed by atoms with van der Waals surface area (Å²) in [5.74, 6) is -1.70. The van der Waals surface area contributed by atoms with Crippen molar-refractivity contribution in [2.45, 2.75) is 33.2 Å². The summed E-state index contributed by atoms with van der Waals surface area (Å²) in [5, 5.41) is 8.94. The van der Waals surface area contributed by atoms with Gasteiger partial charge in [-0.15, -0.1) is 0 Å². The summed E-state index contributed by atoms with van der Waals surface area (Å²) in [5.41, 5.74) is -0.711. The van der Waals surface area contributed by atoms with Crippen molar-refractivity contribution in [1.82, 2.24) is 9.03 Å². The monoisotopic (exact) mass is 280 g/mol. The number of Topliss-reactive ketones (excluding diaryl/α,β-unsaturated/α-hetero) is 1. The number of carboxylic acids is 1. The van der Waals surface area contributed by atoms with Crippen molar-refractivity contribution in [3.8, 4) is 0 Å². The van der Waals surface area contributed by atoms with E-state index < -0.39 is 27.6 Å². The number of nitrogens with one attached hydrogen (secondary N) is 1. The first kappa shape index (κ1) is 17.0. The van der Waals surface area contributed by atoms with Crippen molar-refractivity contribution in [1.29, 1.82) is 0 Å². The number of hydrogen-bond acceptors (Lipinski definition) is 4. The molecule has 0 bridgehead atoms. The van der Waals surface area contributed by atoms with Gasteiger partial charge >= 0.3 is 5.97 Å². The zero-order chi connectivity index (χ0) is 14.7. The third-order valence-corrected chi connectivity index (χ3v) is 3.84. The Bertz CT molecular complexity index is 422. The fourth-order valence-electron chi connectivity index (χ4n) is 0.956. The van der Waals surface area contributed by atoms with Gasteiger partial charge in [0.1, 0.15) is 11.8 Å². The molecule has 1 unspecified atom stereocenters. The SMILES string of the molecule is CN(C)S(=O)(=O)NC(CC(=O)C(C)(C)C)C(=O)O. The number of nitrogens with zero attached hydrogens (tertiary/aromatic N) is 1. The third kappa shape index (κ3) is 5.11. The molecule has 0 heterocycles. The summed E-state index contributed by atoms with van der Waals surface area (Å²) >= 11 is 0. The molecule has 0 saturated carbocycles. The molecule has 0 aromatic rings. The molecular formula is C10H20N2O5S. The predicted molar refractivity (Wildman–Crippen MR) is 66.2 cm³/mol. The Hall–Kier alpha value is -0.990. The van der Waals surface area contributed by atoms with Crippen LogP contribution in [0.2, 0.25) is 0 Å². The van der Waals surface area contributed by atoms with Crippen molar-refractivity contribution in [3.05, 3.63) is 0 Å². The summed E-state index contributed by atoms with van der Waals surface area (Å²) in [4.78, 5) is 22.7. The maximum atomic E-state index is 11.7. The Morgan fingerprint density at radius 1 is 1.28 bits per heavy atom. The Kier molecular flexibility index (Phi) is 5.45. The summed E-state index contributed by atoms with van der Waals surface area (Å²) in [6, 6.07) is -1.45. The second-order valence-corrected chi connectivity index (χ2v) is 7.09. The van der Waals surface area contributed by atoms with Crippen LogP contribution in [0.25, 0.3) is 0 Å². The highest BCUT2D eigenvalue weighted by Gasteiger charge is 2.31. The molecule has 2 N–H and O–H groups in total. The molecule has 0 fully saturated rings. The Labute approximate surface area is 107 Å². The van der Waals surface area contributed by atoms with Crippen molar-refractivity contribution < 1.29 is 23.1 Å². The van der Waals surface area contributed by atoms with Gasteiger partial charge in [0.05, 0.1) is 0 Å². The molecule has 18 heavy (non-hydrogen) atoms. The number of rotatable bonds is 6. The van der Waals surface area contributed by atoms with Crippen molar-refractivity contribution in [2.75, 3.05) is 14.1 Å².